The van der Waals surface area contributed by atoms with Gasteiger partial charge in [-0.2, -0.15) is 0 Å². The SMILES string of the molecule is CC1(C)OC2C(CNC(=O)CCC(=O)O)OC(n3cnc4c(N)cccc43)C2O1. The van der Waals surface area contributed by atoms with Crippen molar-refractivity contribution in [3.63, 3.8) is 0 Å². The molecule has 2 aromatic rings. The fraction of sp³-hybridized carbons (Fsp3) is 0.526. The summed E-state index contributed by atoms with van der Waals surface area (Å²) < 4.78 is 20.2. The largest absolute Gasteiger partial charge is 0.481 e. The second-order valence-electron chi connectivity index (χ2n) is 7.69. The number of imidazole rings is 1. The first-order valence-electron chi connectivity index (χ1n) is 9.46. The number of hydrogen-bond acceptors (Lipinski definition) is 7. The molecule has 156 valence electrons. The van der Waals surface area contributed by atoms with Gasteiger partial charge in [0.15, 0.2) is 12.0 Å². The quantitative estimate of drug-likeness (QED) is 0.607. The molecule has 0 bridgehead atoms. The second-order valence-corrected chi connectivity index (χ2v) is 7.69. The molecule has 4 atom stereocenters. The molecule has 0 aliphatic carbocycles. The Bertz CT molecular complexity index is 942. The number of nitrogens with two attached hydrogens (primary N) is 1. The molecule has 3 heterocycles. The summed E-state index contributed by atoms with van der Waals surface area (Å²) in [7, 11) is 0. The average Bonchev–Trinajstić information content (AvgIpc) is 3.30. The number of carboxylic acid groups (broad SMARTS) is 1. The number of hydrogen-bond donors (Lipinski definition) is 3. The van der Waals surface area contributed by atoms with Gasteiger partial charge in [-0.25, -0.2) is 4.98 Å². The van der Waals surface area contributed by atoms with Crippen molar-refractivity contribution in [2.24, 2.45) is 0 Å². The van der Waals surface area contributed by atoms with E-state index in [2.05, 4.69) is 10.3 Å². The summed E-state index contributed by atoms with van der Waals surface area (Å²) in [5, 5.41) is 11.4. The molecule has 29 heavy (non-hydrogen) atoms. The van der Waals surface area contributed by atoms with Crippen molar-refractivity contribution >= 4 is 28.6 Å². The number of amides is 1. The molecule has 2 saturated heterocycles. The molecule has 0 spiro atoms. The number of aliphatic carboxylic acids is 1. The highest BCUT2D eigenvalue weighted by Crippen LogP contribution is 2.43. The minimum atomic E-state index is -1.02. The number of benzene rings is 1. The number of para-hydroxylation sites is 1. The van der Waals surface area contributed by atoms with Crippen LogP contribution in [0.4, 0.5) is 5.69 Å². The van der Waals surface area contributed by atoms with Gasteiger partial charge in [0.05, 0.1) is 24.0 Å². The molecule has 2 aliphatic heterocycles. The molecule has 1 amide bonds. The number of nitrogens with one attached hydrogen (secondary N) is 1. The first-order valence-corrected chi connectivity index (χ1v) is 9.46. The van der Waals surface area contributed by atoms with E-state index in [1.807, 2.05) is 30.5 Å². The average molecular weight is 404 g/mol. The maximum Gasteiger partial charge on any atom is 0.303 e. The van der Waals surface area contributed by atoms with Gasteiger partial charge in [0, 0.05) is 13.0 Å². The number of carbonyl (C=O) groups is 2. The van der Waals surface area contributed by atoms with Crippen molar-refractivity contribution in [3.05, 3.63) is 24.5 Å². The van der Waals surface area contributed by atoms with E-state index in [0.29, 0.717) is 11.2 Å². The molecule has 2 aliphatic rings. The smallest absolute Gasteiger partial charge is 0.303 e. The maximum atomic E-state index is 11.9. The number of nitrogen functional groups attached to an aromatic ring is 1. The van der Waals surface area contributed by atoms with Crippen molar-refractivity contribution in [2.75, 3.05) is 12.3 Å². The maximum absolute atomic E-state index is 11.9. The molecular weight excluding hydrogens is 380 g/mol. The third kappa shape index (κ3) is 3.78. The van der Waals surface area contributed by atoms with Crippen LogP contribution in [0.2, 0.25) is 0 Å². The Hall–Kier alpha value is -2.69. The zero-order chi connectivity index (χ0) is 20.8. The van der Waals surface area contributed by atoms with Gasteiger partial charge in [0.2, 0.25) is 5.91 Å². The number of fused-ring (bicyclic) bond motifs is 2. The first kappa shape index (κ1) is 19.6. The van der Waals surface area contributed by atoms with Crippen molar-refractivity contribution in [3.8, 4) is 0 Å². The van der Waals surface area contributed by atoms with Crippen LogP contribution < -0.4 is 11.1 Å². The van der Waals surface area contributed by atoms with Crippen LogP contribution in [0.5, 0.6) is 0 Å². The van der Waals surface area contributed by atoms with E-state index in [1.54, 1.807) is 12.4 Å². The number of rotatable bonds is 6. The molecule has 0 radical (unpaired) electrons. The van der Waals surface area contributed by atoms with Crippen LogP contribution in [0.25, 0.3) is 11.0 Å². The van der Waals surface area contributed by atoms with Crippen molar-refractivity contribution in [2.45, 2.75) is 57.0 Å². The third-order valence-electron chi connectivity index (χ3n) is 5.10. The van der Waals surface area contributed by atoms with E-state index >= 15 is 0 Å². The fourth-order valence-electron chi connectivity index (χ4n) is 3.85. The monoisotopic (exact) mass is 404 g/mol. The van der Waals surface area contributed by atoms with E-state index in [-0.39, 0.29) is 25.3 Å². The molecule has 1 aromatic carbocycles. The molecule has 10 nitrogen and oxygen atoms in total. The van der Waals surface area contributed by atoms with E-state index in [1.165, 1.54) is 0 Å². The molecular formula is C19H24N4O6. The second kappa shape index (κ2) is 7.29. The summed E-state index contributed by atoms with van der Waals surface area (Å²) in [6.07, 6.45) is -0.410. The summed E-state index contributed by atoms with van der Waals surface area (Å²) in [5.74, 6) is -2.16. The summed E-state index contributed by atoms with van der Waals surface area (Å²) in [4.78, 5) is 26.9. The molecule has 0 saturated carbocycles. The van der Waals surface area contributed by atoms with Crippen LogP contribution in [0.3, 0.4) is 0 Å². The first-order chi connectivity index (χ1) is 13.7. The lowest BCUT2D eigenvalue weighted by Crippen LogP contribution is -2.39. The summed E-state index contributed by atoms with van der Waals surface area (Å²) in [6.45, 7) is 3.84. The Balaban J connectivity index is 1.54. The van der Waals surface area contributed by atoms with Crippen LogP contribution in [0.15, 0.2) is 24.5 Å². The molecule has 4 N–H and O–H groups in total. The predicted octanol–water partition coefficient (Wildman–Crippen LogP) is 1.02. The van der Waals surface area contributed by atoms with E-state index in [0.717, 1.165) is 5.52 Å². The van der Waals surface area contributed by atoms with Gasteiger partial charge in [0.25, 0.3) is 0 Å². The Labute approximate surface area is 166 Å². The highest BCUT2D eigenvalue weighted by molar-refractivity contribution is 5.87. The number of carbonyl (C=O) groups excluding carboxylic acids is 1. The van der Waals surface area contributed by atoms with Crippen LogP contribution in [0, 0.1) is 0 Å². The number of aromatic nitrogens is 2. The standard InChI is InChI=1S/C19H24N4O6/c1-19(2)28-16-12(8-21-13(24)6-7-14(25)26)27-18(17(16)29-19)23-9-22-15-10(20)4-3-5-11(15)23/h3-5,9,12,16-18H,6-8,20H2,1-2H3,(H,21,24)(H,25,26). The third-order valence-corrected chi connectivity index (χ3v) is 5.10. The Morgan fingerprint density at radius 1 is 1.28 bits per heavy atom. The normalized spacial score (nSPS) is 27.8. The Kier molecular flexibility index (Phi) is 4.93. The lowest BCUT2D eigenvalue weighted by molar-refractivity contribution is -0.195. The number of anilines is 1. The summed E-state index contributed by atoms with van der Waals surface area (Å²) in [6, 6.07) is 5.53. The van der Waals surface area contributed by atoms with Crippen LogP contribution in [0.1, 0.15) is 32.9 Å². The lowest BCUT2D eigenvalue weighted by Gasteiger charge is -2.25. The Morgan fingerprint density at radius 3 is 2.79 bits per heavy atom. The van der Waals surface area contributed by atoms with Crippen molar-refractivity contribution in [1.82, 2.24) is 14.9 Å². The molecule has 1 aromatic heterocycles. The summed E-state index contributed by atoms with van der Waals surface area (Å²) >= 11 is 0. The van der Waals surface area contributed by atoms with E-state index < -0.39 is 36.3 Å². The predicted molar refractivity (Wildman–Crippen MR) is 102 cm³/mol. The van der Waals surface area contributed by atoms with Gasteiger partial charge < -0.3 is 34.9 Å². The van der Waals surface area contributed by atoms with Crippen LogP contribution in [-0.4, -0.2) is 57.2 Å². The van der Waals surface area contributed by atoms with Crippen LogP contribution in [-0.2, 0) is 23.8 Å². The van der Waals surface area contributed by atoms with Crippen molar-refractivity contribution < 1.29 is 28.9 Å². The van der Waals surface area contributed by atoms with Crippen molar-refractivity contribution in [1.29, 1.82) is 0 Å². The molecule has 4 unspecified atom stereocenters. The number of carboxylic acids is 1. The highest BCUT2D eigenvalue weighted by atomic mass is 16.8. The fourth-order valence-corrected chi connectivity index (χ4v) is 3.85. The van der Waals surface area contributed by atoms with Gasteiger partial charge in [-0.15, -0.1) is 0 Å². The van der Waals surface area contributed by atoms with Gasteiger partial charge >= 0.3 is 5.97 Å². The lowest BCUT2D eigenvalue weighted by atomic mass is 10.1. The highest BCUT2D eigenvalue weighted by Gasteiger charge is 2.56. The summed E-state index contributed by atoms with van der Waals surface area (Å²) in [5.41, 5.74) is 8.08. The minimum absolute atomic E-state index is 0.0894. The molecule has 10 heteroatoms. The zero-order valence-corrected chi connectivity index (χ0v) is 16.2. The van der Waals surface area contributed by atoms with Gasteiger partial charge in [0.1, 0.15) is 23.8 Å². The zero-order valence-electron chi connectivity index (χ0n) is 16.2. The van der Waals surface area contributed by atoms with Gasteiger partial charge in [-0.05, 0) is 26.0 Å². The number of ether oxygens (including phenoxy) is 3. The molecule has 2 fully saturated rings. The molecule has 4 rings (SSSR count). The van der Waals surface area contributed by atoms with E-state index in [4.69, 9.17) is 25.1 Å². The van der Waals surface area contributed by atoms with Gasteiger partial charge in [-0.3, -0.25) is 9.59 Å². The van der Waals surface area contributed by atoms with Gasteiger partial charge in [-0.1, -0.05) is 6.07 Å². The minimum Gasteiger partial charge on any atom is -0.481 e. The van der Waals surface area contributed by atoms with Crippen LogP contribution >= 0.6 is 0 Å². The Morgan fingerprint density at radius 2 is 2.03 bits per heavy atom. The number of nitrogens with zero attached hydrogens (tertiary/aromatic N) is 2. The topological polar surface area (TPSA) is 138 Å². The van der Waals surface area contributed by atoms with E-state index in [9.17, 15) is 9.59 Å².